The van der Waals surface area contributed by atoms with Gasteiger partial charge in [0, 0.05) is 18.4 Å². The van der Waals surface area contributed by atoms with Crippen LogP contribution in [0.2, 0.25) is 0 Å². The van der Waals surface area contributed by atoms with Gasteiger partial charge in [0.05, 0.1) is 6.26 Å². The number of halogens is 1. The van der Waals surface area contributed by atoms with Crippen LogP contribution in [-0.2, 0) is 16.8 Å². The van der Waals surface area contributed by atoms with Crippen LogP contribution in [-0.4, -0.2) is 5.11 Å². The van der Waals surface area contributed by atoms with Crippen molar-refractivity contribution in [2.75, 3.05) is 0 Å². The molecular weight excluding hydrogens is 347 g/mol. The lowest BCUT2D eigenvalue weighted by atomic mass is 9.86. The summed E-state index contributed by atoms with van der Waals surface area (Å²) in [5.41, 5.74) is -0.272. The van der Waals surface area contributed by atoms with Gasteiger partial charge in [0.15, 0.2) is 0 Å². The largest absolute Gasteiger partial charge is 0.507 e. The van der Waals surface area contributed by atoms with Crippen molar-refractivity contribution in [1.82, 2.24) is 0 Å². The molecule has 4 nitrogen and oxygen atoms in total. The topological polar surface area (TPSA) is 59.7 Å². The Morgan fingerprint density at radius 2 is 2.00 bits per heavy atom. The van der Waals surface area contributed by atoms with Gasteiger partial charge < -0.3 is 14.3 Å². The van der Waals surface area contributed by atoms with Gasteiger partial charge in [-0.05, 0) is 43.0 Å². The smallest absolute Gasteiger partial charge is 0.347 e. The predicted octanol–water partition coefficient (Wildman–Crippen LogP) is 5.15. The lowest BCUT2D eigenvalue weighted by Crippen LogP contribution is -2.31. The Balaban J connectivity index is 1.93. The molecule has 2 heterocycles. The number of rotatable bonds is 7. The lowest BCUT2D eigenvalue weighted by Gasteiger charge is -2.28. The van der Waals surface area contributed by atoms with Crippen LogP contribution < -0.4 is 5.63 Å². The maximum absolute atomic E-state index is 13.1. The molecule has 0 spiro atoms. The van der Waals surface area contributed by atoms with E-state index in [0.717, 1.165) is 18.4 Å². The second kappa shape index (κ2) is 7.99. The van der Waals surface area contributed by atoms with Crippen molar-refractivity contribution in [1.29, 1.82) is 0 Å². The zero-order valence-corrected chi connectivity index (χ0v) is 15.7. The van der Waals surface area contributed by atoms with Gasteiger partial charge in [0.2, 0.25) is 0 Å². The van der Waals surface area contributed by atoms with E-state index in [9.17, 15) is 14.3 Å². The minimum absolute atomic E-state index is 0.0871. The Kier molecular flexibility index (Phi) is 5.68. The highest BCUT2D eigenvalue weighted by molar-refractivity contribution is 5.38. The normalized spacial score (nSPS) is 19.8. The Morgan fingerprint density at radius 1 is 1.26 bits per heavy atom. The summed E-state index contributed by atoms with van der Waals surface area (Å²) in [4.78, 5) is 12.8. The van der Waals surface area contributed by atoms with Gasteiger partial charge >= 0.3 is 5.63 Å². The summed E-state index contributed by atoms with van der Waals surface area (Å²) in [6.07, 6.45) is 6.70. The van der Waals surface area contributed by atoms with Gasteiger partial charge in [-0.25, -0.2) is 9.18 Å². The molecule has 0 aliphatic carbocycles. The highest BCUT2D eigenvalue weighted by Crippen LogP contribution is 2.42. The van der Waals surface area contributed by atoms with Crippen LogP contribution in [0.5, 0.6) is 5.75 Å². The van der Waals surface area contributed by atoms with E-state index >= 15 is 0 Å². The average Bonchev–Trinajstić information content (AvgIpc) is 3.10. The summed E-state index contributed by atoms with van der Waals surface area (Å²) in [6, 6.07) is 7.81. The fourth-order valence-corrected chi connectivity index (χ4v) is 3.79. The van der Waals surface area contributed by atoms with Crippen LogP contribution in [0.4, 0.5) is 4.39 Å². The van der Waals surface area contributed by atoms with Gasteiger partial charge in [-0.1, -0.05) is 32.4 Å². The third-order valence-electron chi connectivity index (χ3n) is 5.19. The molecule has 1 aliphatic heterocycles. The number of benzene rings is 1. The molecule has 1 aliphatic rings. The van der Waals surface area contributed by atoms with Crippen LogP contribution in [0.3, 0.4) is 0 Å². The Labute approximate surface area is 158 Å². The molecule has 0 radical (unpaired) electrons. The maximum Gasteiger partial charge on any atom is 0.347 e. The molecule has 2 atom stereocenters. The van der Waals surface area contributed by atoms with Gasteiger partial charge in [-0.2, -0.15) is 0 Å². The molecule has 0 fully saturated rings. The summed E-state index contributed by atoms with van der Waals surface area (Å²) in [6.45, 7) is 3.99. The zero-order valence-electron chi connectivity index (χ0n) is 15.7. The third-order valence-corrected chi connectivity index (χ3v) is 5.19. The van der Waals surface area contributed by atoms with Crippen LogP contribution in [0.15, 0.2) is 51.9 Å². The molecule has 0 amide bonds. The molecule has 2 aromatic rings. The summed E-state index contributed by atoms with van der Waals surface area (Å²) in [5, 5.41) is 10.7. The van der Waals surface area contributed by atoms with Crippen molar-refractivity contribution >= 4 is 0 Å². The van der Waals surface area contributed by atoms with Gasteiger partial charge in [0.25, 0.3) is 0 Å². The van der Waals surface area contributed by atoms with E-state index in [2.05, 4.69) is 0 Å². The van der Waals surface area contributed by atoms with Crippen LogP contribution >= 0.6 is 0 Å². The van der Waals surface area contributed by atoms with Gasteiger partial charge in [-0.3, -0.25) is 0 Å². The first-order chi connectivity index (χ1) is 13.0. The van der Waals surface area contributed by atoms with E-state index < -0.39 is 11.2 Å². The standard InChI is InChI=1S/C22H25FO4/c1-3-10-22(11-5-12-26-22)20-18(24)14-19(27-21(20)25)16(4-2)13-15-6-8-17(23)9-7-15/h5-9,12,14,16,24H,3-4,10-11,13H2,1-2H3. The van der Waals surface area contributed by atoms with Crippen molar-refractivity contribution in [2.45, 2.75) is 57.5 Å². The molecule has 0 saturated carbocycles. The summed E-state index contributed by atoms with van der Waals surface area (Å²) in [7, 11) is 0. The third kappa shape index (κ3) is 3.92. The summed E-state index contributed by atoms with van der Waals surface area (Å²) in [5.74, 6) is -0.0267. The molecule has 1 aromatic carbocycles. The van der Waals surface area contributed by atoms with Crippen LogP contribution in [0.1, 0.15) is 62.3 Å². The van der Waals surface area contributed by atoms with E-state index in [-0.39, 0.29) is 23.0 Å². The molecule has 144 valence electrons. The zero-order chi connectivity index (χ0) is 19.4. The van der Waals surface area contributed by atoms with Gasteiger partial charge in [-0.15, -0.1) is 0 Å². The molecular formula is C22H25FO4. The molecule has 2 unspecified atom stereocenters. The minimum atomic E-state index is -0.851. The van der Waals surface area contributed by atoms with Crippen molar-refractivity contribution in [3.05, 3.63) is 75.8 Å². The average molecular weight is 372 g/mol. The first-order valence-corrected chi connectivity index (χ1v) is 9.44. The number of aromatic hydroxyl groups is 1. The molecule has 3 rings (SSSR count). The van der Waals surface area contributed by atoms with Crippen molar-refractivity contribution in [3.8, 4) is 5.75 Å². The van der Waals surface area contributed by atoms with Crippen LogP contribution in [0.25, 0.3) is 0 Å². The van der Waals surface area contributed by atoms with Crippen molar-refractivity contribution < 1.29 is 18.7 Å². The fraction of sp³-hybridized carbons (Fsp3) is 0.409. The molecule has 0 saturated heterocycles. The maximum atomic E-state index is 13.1. The highest BCUT2D eigenvalue weighted by Gasteiger charge is 2.40. The van der Waals surface area contributed by atoms with Crippen molar-refractivity contribution in [3.63, 3.8) is 0 Å². The molecule has 1 aromatic heterocycles. The molecule has 0 bridgehead atoms. The second-order valence-corrected chi connectivity index (χ2v) is 7.07. The predicted molar refractivity (Wildman–Crippen MR) is 101 cm³/mol. The van der Waals surface area contributed by atoms with Gasteiger partial charge in [0.1, 0.15) is 28.5 Å². The quantitative estimate of drug-likeness (QED) is 0.730. The van der Waals surface area contributed by atoms with Crippen molar-refractivity contribution in [2.24, 2.45) is 0 Å². The molecule has 27 heavy (non-hydrogen) atoms. The molecule has 1 N–H and O–H groups in total. The highest BCUT2D eigenvalue weighted by atomic mass is 19.1. The lowest BCUT2D eigenvalue weighted by molar-refractivity contribution is 0.0256. The number of hydrogen-bond donors (Lipinski definition) is 1. The van der Waals surface area contributed by atoms with E-state index in [4.69, 9.17) is 9.15 Å². The SMILES string of the molecule is CCCC1(c2c(O)cc(C(CC)Cc3ccc(F)cc3)oc2=O)CC=CO1. The number of hydrogen-bond acceptors (Lipinski definition) is 4. The monoisotopic (exact) mass is 372 g/mol. The minimum Gasteiger partial charge on any atom is -0.507 e. The first kappa shape index (κ1) is 19.2. The van der Waals surface area contributed by atoms with E-state index in [1.54, 1.807) is 18.4 Å². The van der Waals surface area contributed by atoms with E-state index in [1.807, 2.05) is 19.9 Å². The van der Waals surface area contributed by atoms with E-state index in [0.29, 0.717) is 25.0 Å². The Morgan fingerprint density at radius 3 is 2.56 bits per heavy atom. The second-order valence-electron chi connectivity index (χ2n) is 7.07. The Bertz CT molecular complexity index is 859. The van der Waals surface area contributed by atoms with E-state index in [1.165, 1.54) is 18.2 Å². The summed E-state index contributed by atoms with van der Waals surface area (Å²) >= 11 is 0. The molecule has 5 heteroatoms. The Hall–Kier alpha value is -2.56. The number of ether oxygens (including phenoxy) is 1. The van der Waals surface area contributed by atoms with Crippen LogP contribution in [0, 0.1) is 5.82 Å². The first-order valence-electron chi connectivity index (χ1n) is 9.44. The fourth-order valence-electron chi connectivity index (χ4n) is 3.79. The summed E-state index contributed by atoms with van der Waals surface area (Å²) < 4.78 is 24.5.